The van der Waals surface area contributed by atoms with E-state index in [2.05, 4.69) is 31.2 Å². The zero-order valence-electron chi connectivity index (χ0n) is 23.0. The van der Waals surface area contributed by atoms with Gasteiger partial charge >= 0.3 is 7.32 Å². The fraction of sp³-hybridized carbons (Fsp3) is 0.242. The molecule has 0 heterocycles. The smallest absolute Gasteiger partial charge is 0.512 e. The Morgan fingerprint density at radius 2 is 1.30 bits per heavy atom. The molecular formula is C33H35BO6. The number of benzene rings is 4. The van der Waals surface area contributed by atoms with Crippen molar-refractivity contribution in [3.05, 3.63) is 125 Å². The lowest BCUT2D eigenvalue weighted by atomic mass is 9.96. The van der Waals surface area contributed by atoms with Crippen LogP contribution in [0.5, 0.6) is 17.2 Å². The predicted octanol–water partition coefficient (Wildman–Crippen LogP) is 6.33. The van der Waals surface area contributed by atoms with Gasteiger partial charge in [0.1, 0.15) is 36.2 Å². The Balaban J connectivity index is 0.000000186. The van der Waals surface area contributed by atoms with Crippen molar-refractivity contribution in [1.82, 2.24) is 0 Å². The summed E-state index contributed by atoms with van der Waals surface area (Å²) in [6, 6.07) is 31.4. The highest BCUT2D eigenvalue weighted by molar-refractivity contribution is 6.33. The first-order valence-corrected chi connectivity index (χ1v) is 13.5. The standard InChI is InChI=1S/C19H20O2.C14H15BO4/c1-14-11-16(17-7-9-18(20)12-17)8-10-19(14)21-13-15-5-3-2-4-6-15;1-11-9-13(19-15(16)17)7-8-14(11)18-10-12-5-3-2-4-6-12/h2-6,8,10-11,17H,7,9,12-13H2,1H3;2-9,16-17H,10H2,1H3/t17-;/m1./s1. The normalized spacial score (nSPS) is 14.2. The van der Waals surface area contributed by atoms with Crippen molar-refractivity contribution in [2.45, 2.75) is 52.2 Å². The molecule has 0 unspecified atom stereocenters. The van der Waals surface area contributed by atoms with E-state index in [0.29, 0.717) is 37.1 Å². The molecule has 0 spiro atoms. The molecule has 1 aliphatic rings. The second-order valence-electron chi connectivity index (χ2n) is 9.92. The third-order valence-electron chi connectivity index (χ3n) is 6.78. The summed E-state index contributed by atoms with van der Waals surface area (Å²) in [5, 5.41) is 17.4. The summed E-state index contributed by atoms with van der Waals surface area (Å²) in [5.41, 5.74) is 5.54. The maximum Gasteiger partial charge on any atom is 0.707 e. The van der Waals surface area contributed by atoms with E-state index in [-0.39, 0.29) is 0 Å². The number of carbonyl (C=O) groups is 1. The van der Waals surface area contributed by atoms with Crippen LogP contribution in [0.1, 0.15) is 53.0 Å². The van der Waals surface area contributed by atoms with Gasteiger partial charge < -0.3 is 24.2 Å². The number of Topliss-reactive ketones (excluding diaryl/α,β-unsaturated/α-hetero) is 1. The first kappa shape index (κ1) is 28.9. The third-order valence-corrected chi connectivity index (χ3v) is 6.78. The highest BCUT2D eigenvalue weighted by Crippen LogP contribution is 2.34. The second kappa shape index (κ2) is 14.4. The summed E-state index contributed by atoms with van der Waals surface area (Å²) in [5.74, 6) is 2.84. The monoisotopic (exact) mass is 538 g/mol. The Morgan fingerprint density at radius 1 is 0.750 bits per heavy atom. The van der Waals surface area contributed by atoms with Crippen LogP contribution in [0.15, 0.2) is 97.1 Å². The van der Waals surface area contributed by atoms with E-state index in [4.69, 9.17) is 24.2 Å². The molecule has 1 aliphatic carbocycles. The van der Waals surface area contributed by atoms with Gasteiger partial charge in [-0.3, -0.25) is 4.79 Å². The van der Waals surface area contributed by atoms with Gasteiger partial charge in [0, 0.05) is 12.8 Å². The lowest BCUT2D eigenvalue weighted by Crippen LogP contribution is -2.20. The molecule has 4 aromatic rings. The quantitative estimate of drug-likeness (QED) is 0.242. The van der Waals surface area contributed by atoms with Gasteiger partial charge in [-0.1, -0.05) is 72.8 Å². The highest BCUT2D eigenvalue weighted by atomic mass is 16.6. The number of aryl methyl sites for hydroxylation is 2. The summed E-state index contributed by atoms with van der Waals surface area (Å²) < 4.78 is 16.4. The summed E-state index contributed by atoms with van der Waals surface area (Å²) >= 11 is 0. The molecular weight excluding hydrogens is 503 g/mol. The zero-order chi connectivity index (χ0) is 28.3. The molecule has 0 bridgehead atoms. The molecule has 40 heavy (non-hydrogen) atoms. The number of carbonyl (C=O) groups excluding carboxylic acids is 1. The lowest BCUT2D eigenvalue weighted by molar-refractivity contribution is -0.117. The van der Waals surface area contributed by atoms with Gasteiger partial charge in [-0.15, -0.1) is 0 Å². The van der Waals surface area contributed by atoms with Crippen LogP contribution in [-0.4, -0.2) is 23.2 Å². The minimum Gasteiger partial charge on any atom is -0.512 e. The Morgan fingerprint density at radius 3 is 1.77 bits per heavy atom. The van der Waals surface area contributed by atoms with E-state index in [1.54, 1.807) is 18.2 Å². The van der Waals surface area contributed by atoms with Gasteiger partial charge in [0.2, 0.25) is 0 Å². The van der Waals surface area contributed by atoms with Gasteiger partial charge in [-0.05, 0) is 78.3 Å². The van der Waals surface area contributed by atoms with Crippen LogP contribution in [0.25, 0.3) is 0 Å². The first-order chi connectivity index (χ1) is 19.4. The molecule has 4 aromatic carbocycles. The van der Waals surface area contributed by atoms with Crippen molar-refractivity contribution in [2.24, 2.45) is 0 Å². The molecule has 0 radical (unpaired) electrons. The van der Waals surface area contributed by atoms with Crippen LogP contribution in [0.2, 0.25) is 0 Å². The predicted molar refractivity (Wildman–Crippen MR) is 156 cm³/mol. The summed E-state index contributed by atoms with van der Waals surface area (Å²) in [4.78, 5) is 11.4. The minimum atomic E-state index is -1.81. The number of ether oxygens (including phenoxy) is 2. The number of hydrogen-bond acceptors (Lipinski definition) is 6. The Hall–Kier alpha value is -4.07. The first-order valence-electron chi connectivity index (χ1n) is 13.5. The topological polar surface area (TPSA) is 85.2 Å². The SMILES string of the molecule is Cc1cc(OB(O)O)ccc1OCc1ccccc1.Cc1cc([C@@H]2CCC(=O)C2)ccc1OCc1ccccc1. The van der Waals surface area contributed by atoms with Crippen molar-refractivity contribution in [3.8, 4) is 17.2 Å². The summed E-state index contributed by atoms with van der Waals surface area (Å²) in [7, 11) is -1.81. The molecule has 1 fully saturated rings. The molecule has 0 amide bonds. The van der Waals surface area contributed by atoms with E-state index in [9.17, 15) is 4.79 Å². The molecule has 5 rings (SSSR count). The molecule has 1 atom stereocenters. The molecule has 1 saturated carbocycles. The molecule has 0 saturated heterocycles. The maximum absolute atomic E-state index is 11.4. The van der Waals surface area contributed by atoms with Crippen LogP contribution < -0.4 is 14.1 Å². The van der Waals surface area contributed by atoms with Gasteiger partial charge in [-0.25, -0.2) is 0 Å². The molecule has 206 valence electrons. The van der Waals surface area contributed by atoms with Crippen molar-refractivity contribution in [3.63, 3.8) is 0 Å². The minimum absolute atomic E-state index is 0.388. The number of ketones is 1. The largest absolute Gasteiger partial charge is 0.707 e. The Labute approximate surface area is 236 Å². The summed E-state index contributed by atoms with van der Waals surface area (Å²) in [6.45, 7) is 5.02. The number of hydrogen-bond donors (Lipinski definition) is 2. The van der Waals surface area contributed by atoms with E-state index < -0.39 is 7.32 Å². The molecule has 2 N–H and O–H groups in total. The molecule has 0 aliphatic heterocycles. The fourth-order valence-corrected chi connectivity index (χ4v) is 4.64. The van der Waals surface area contributed by atoms with Gasteiger partial charge in [0.05, 0.1) is 0 Å². The van der Waals surface area contributed by atoms with Crippen LogP contribution in [0.3, 0.4) is 0 Å². The van der Waals surface area contributed by atoms with Crippen LogP contribution in [-0.2, 0) is 18.0 Å². The number of rotatable bonds is 9. The maximum atomic E-state index is 11.4. The molecule has 7 heteroatoms. The Kier molecular flexibility index (Phi) is 10.4. The van der Waals surface area contributed by atoms with Gasteiger partial charge in [0.25, 0.3) is 0 Å². The van der Waals surface area contributed by atoms with Crippen molar-refractivity contribution >= 4 is 13.1 Å². The Bertz CT molecular complexity index is 1370. The highest BCUT2D eigenvalue weighted by Gasteiger charge is 2.23. The van der Waals surface area contributed by atoms with E-state index in [0.717, 1.165) is 41.0 Å². The van der Waals surface area contributed by atoms with Crippen molar-refractivity contribution < 1.29 is 29.0 Å². The van der Waals surface area contributed by atoms with Crippen LogP contribution in [0.4, 0.5) is 0 Å². The second-order valence-corrected chi connectivity index (χ2v) is 9.92. The molecule has 0 aromatic heterocycles. The van der Waals surface area contributed by atoms with Crippen molar-refractivity contribution in [1.29, 1.82) is 0 Å². The fourth-order valence-electron chi connectivity index (χ4n) is 4.64. The van der Waals surface area contributed by atoms with E-state index in [1.807, 2.05) is 61.5 Å². The van der Waals surface area contributed by atoms with Gasteiger partial charge in [0.15, 0.2) is 0 Å². The van der Waals surface area contributed by atoms with E-state index >= 15 is 0 Å². The average molecular weight is 538 g/mol. The lowest BCUT2D eigenvalue weighted by Gasteiger charge is -2.13. The van der Waals surface area contributed by atoms with Crippen LogP contribution in [0, 0.1) is 13.8 Å². The van der Waals surface area contributed by atoms with Crippen molar-refractivity contribution in [2.75, 3.05) is 0 Å². The van der Waals surface area contributed by atoms with Crippen LogP contribution >= 0.6 is 0 Å². The van der Waals surface area contributed by atoms with E-state index in [1.165, 1.54) is 11.1 Å². The van der Waals surface area contributed by atoms with Gasteiger partial charge in [-0.2, -0.15) is 0 Å². The molecule has 6 nitrogen and oxygen atoms in total. The zero-order valence-corrected chi connectivity index (χ0v) is 23.0. The summed E-state index contributed by atoms with van der Waals surface area (Å²) in [6.07, 6.45) is 2.42. The third kappa shape index (κ3) is 8.73. The average Bonchev–Trinajstić information content (AvgIpc) is 3.39.